The highest BCUT2D eigenvalue weighted by atomic mass is 32.2. The number of aryl methyl sites for hydroxylation is 1. The van der Waals surface area contributed by atoms with Gasteiger partial charge in [0.15, 0.2) is 0 Å². The van der Waals surface area contributed by atoms with Crippen molar-refractivity contribution < 1.29 is 17.9 Å². The number of anilines is 1. The second kappa shape index (κ2) is 7.05. The van der Waals surface area contributed by atoms with Crippen LogP contribution in [0.1, 0.15) is 56.2 Å². The molecule has 2 saturated carbocycles. The maximum absolute atomic E-state index is 13.1. The third kappa shape index (κ3) is 4.10. The quantitative estimate of drug-likeness (QED) is 0.771. The van der Waals surface area contributed by atoms with Gasteiger partial charge >= 0.3 is 6.09 Å². The van der Waals surface area contributed by atoms with E-state index in [1.807, 2.05) is 13.8 Å². The summed E-state index contributed by atoms with van der Waals surface area (Å²) in [4.78, 5) is 12.2. The number of amides is 1. The number of carbonyl (C=O) groups excluding carboxylic acids is 1. The first-order chi connectivity index (χ1) is 13.7. The molecule has 0 aliphatic heterocycles. The Balaban J connectivity index is 1.51. The van der Waals surface area contributed by atoms with Crippen LogP contribution in [0.3, 0.4) is 0 Å². The normalized spacial score (nSPS) is 23.0. The molecule has 1 amide bonds. The summed E-state index contributed by atoms with van der Waals surface area (Å²) in [5.74, 6) is 0.0498. The van der Waals surface area contributed by atoms with Gasteiger partial charge in [-0.25, -0.2) is 4.79 Å². The van der Waals surface area contributed by atoms with E-state index in [0.29, 0.717) is 25.0 Å². The zero-order valence-corrected chi connectivity index (χ0v) is 17.4. The molecule has 156 valence electrons. The summed E-state index contributed by atoms with van der Waals surface area (Å²) >= 11 is 0. The molecule has 29 heavy (non-hydrogen) atoms. The Morgan fingerprint density at radius 3 is 2.62 bits per heavy atom. The zero-order valence-electron chi connectivity index (χ0n) is 16.6. The summed E-state index contributed by atoms with van der Waals surface area (Å²) < 4.78 is 32.8. The first kappa shape index (κ1) is 19.8. The minimum absolute atomic E-state index is 0.102. The van der Waals surface area contributed by atoms with Crippen molar-refractivity contribution in [3.05, 3.63) is 41.6 Å². The molecule has 0 spiro atoms. The predicted octanol–water partition coefficient (Wildman–Crippen LogP) is 2.93. The standard InChI is InChI=1S/C20H26N4O4S/c1-13-3-7-16(8-4-13)29(26,27)24-17(12-18(21)23-24)14-5-6-15(11-14)28-19(25)22-20(2)9-10-20/h3-4,7-8,12,14-15H,5-6,9-11H2,1-2H3,(H2,21,23)(H,22,25)/t14-,15+/m0/s1. The van der Waals surface area contributed by atoms with Crippen LogP contribution in [0, 0.1) is 6.92 Å². The summed E-state index contributed by atoms with van der Waals surface area (Å²) in [6.07, 6.45) is 3.17. The van der Waals surface area contributed by atoms with E-state index in [2.05, 4.69) is 10.4 Å². The van der Waals surface area contributed by atoms with E-state index in [1.54, 1.807) is 30.3 Å². The number of aromatic nitrogens is 2. The Morgan fingerprint density at radius 2 is 1.97 bits per heavy atom. The van der Waals surface area contributed by atoms with E-state index in [1.165, 1.54) is 0 Å². The van der Waals surface area contributed by atoms with Gasteiger partial charge in [0.2, 0.25) is 0 Å². The molecule has 2 aliphatic carbocycles. The second-order valence-corrected chi connectivity index (χ2v) is 10.1. The number of nitrogens with two attached hydrogens (primary N) is 1. The summed E-state index contributed by atoms with van der Waals surface area (Å²) in [6.45, 7) is 3.88. The molecule has 3 N–H and O–H groups in total. The summed E-state index contributed by atoms with van der Waals surface area (Å²) in [6, 6.07) is 8.23. The van der Waals surface area contributed by atoms with Gasteiger partial charge in [-0.1, -0.05) is 17.7 Å². The Bertz CT molecular complexity index is 1030. The van der Waals surface area contributed by atoms with E-state index < -0.39 is 16.1 Å². The lowest BCUT2D eigenvalue weighted by molar-refractivity contribution is 0.0966. The van der Waals surface area contributed by atoms with Crippen molar-refractivity contribution in [1.29, 1.82) is 0 Å². The number of nitrogens with one attached hydrogen (secondary N) is 1. The van der Waals surface area contributed by atoms with E-state index in [9.17, 15) is 13.2 Å². The fourth-order valence-electron chi connectivity index (χ4n) is 3.73. The van der Waals surface area contributed by atoms with Gasteiger partial charge in [0.05, 0.1) is 10.6 Å². The molecular weight excluding hydrogens is 392 g/mol. The third-order valence-corrected chi connectivity index (χ3v) is 7.37. The number of ether oxygens (including phenoxy) is 1. The van der Waals surface area contributed by atoms with Gasteiger partial charge < -0.3 is 15.8 Å². The first-order valence-electron chi connectivity index (χ1n) is 9.83. The van der Waals surface area contributed by atoms with Crippen LogP contribution in [-0.4, -0.2) is 35.3 Å². The number of benzene rings is 1. The second-order valence-electron chi connectivity index (χ2n) is 8.38. The maximum atomic E-state index is 13.1. The molecule has 2 fully saturated rings. The number of rotatable bonds is 5. The van der Waals surface area contributed by atoms with Gasteiger partial charge in [0, 0.05) is 17.5 Å². The Labute approximate surface area is 170 Å². The van der Waals surface area contributed by atoms with Gasteiger partial charge in [-0.2, -0.15) is 12.5 Å². The molecule has 8 nitrogen and oxygen atoms in total. The van der Waals surface area contributed by atoms with E-state index in [-0.39, 0.29) is 28.3 Å². The molecule has 0 unspecified atom stereocenters. The molecule has 2 aromatic rings. The summed E-state index contributed by atoms with van der Waals surface area (Å²) in [5, 5.41) is 6.94. The molecule has 0 bridgehead atoms. The van der Waals surface area contributed by atoms with Crippen molar-refractivity contribution in [1.82, 2.24) is 14.5 Å². The Hall–Kier alpha value is -2.55. The molecular formula is C20H26N4O4S. The lowest BCUT2D eigenvalue weighted by Crippen LogP contribution is -2.36. The van der Waals surface area contributed by atoms with Crippen LogP contribution in [0.4, 0.5) is 10.6 Å². The van der Waals surface area contributed by atoms with Crippen LogP contribution in [0.25, 0.3) is 0 Å². The third-order valence-electron chi connectivity index (χ3n) is 5.75. The first-order valence-corrected chi connectivity index (χ1v) is 11.3. The highest BCUT2D eigenvalue weighted by molar-refractivity contribution is 7.89. The molecule has 4 rings (SSSR count). The fourth-order valence-corrected chi connectivity index (χ4v) is 5.09. The number of alkyl carbamates (subject to hydrolysis) is 1. The molecule has 9 heteroatoms. The monoisotopic (exact) mass is 418 g/mol. The van der Waals surface area contributed by atoms with Crippen molar-refractivity contribution in [3.8, 4) is 0 Å². The SMILES string of the molecule is Cc1ccc(S(=O)(=O)n2nc(N)cc2[C@H]2CC[C@@H](OC(=O)NC3(C)CC3)C2)cc1. The lowest BCUT2D eigenvalue weighted by Gasteiger charge is -2.17. The zero-order chi connectivity index (χ0) is 20.8. The number of hydrogen-bond acceptors (Lipinski definition) is 6. The van der Waals surface area contributed by atoms with Crippen LogP contribution in [0.2, 0.25) is 0 Å². The van der Waals surface area contributed by atoms with Crippen molar-refractivity contribution in [3.63, 3.8) is 0 Å². The number of hydrogen-bond donors (Lipinski definition) is 2. The van der Waals surface area contributed by atoms with Crippen molar-refractivity contribution in [2.45, 2.75) is 68.4 Å². The van der Waals surface area contributed by atoms with E-state index in [0.717, 1.165) is 22.5 Å². The van der Waals surface area contributed by atoms with E-state index in [4.69, 9.17) is 10.5 Å². The lowest BCUT2D eigenvalue weighted by atomic mass is 10.0. The molecule has 1 aromatic heterocycles. The summed E-state index contributed by atoms with van der Waals surface area (Å²) in [7, 11) is -3.85. The molecule has 2 aliphatic rings. The smallest absolute Gasteiger partial charge is 0.407 e. The highest BCUT2D eigenvalue weighted by Crippen LogP contribution is 2.38. The Kier molecular flexibility index (Phi) is 4.80. The summed E-state index contributed by atoms with van der Waals surface area (Å²) in [5.41, 5.74) is 7.21. The van der Waals surface area contributed by atoms with Gasteiger partial charge in [0.25, 0.3) is 10.0 Å². The van der Waals surface area contributed by atoms with E-state index >= 15 is 0 Å². The van der Waals surface area contributed by atoms with Crippen LogP contribution >= 0.6 is 0 Å². The minimum atomic E-state index is -3.85. The van der Waals surface area contributed by atoms with Gasteiger partial charge in [-0.15, -0.1) is 5.10 Å². The van der Waals surface area contributed by atoms with Crippen molar-refractivity contribution >= 4 is 21.9 Å². The van der Waals surface area contributed by atoms with Crippen molar-refractivity contribution in [2.24, 2.45) is 0 Å². The molecule has 1 aromatic carbocycles. The van der Waals surface area contributed by atoms with Gasteiger partial charge in [0.1, 0.15) is 11.9 Å². The van der Waals surface area contributed by atoms with Crippen LogP contribution in [-0.2, 0) is 14.8 Å². The predicted molar refractivity (Wildman–Crippen MR) is 108 cm³/mol. The van der Waals surface area contributed by atoms with Crippen molar-refractivity contribution in [2.75, 3.05) is 5.73 Å². The largest absolute Gasteiger partial charge is 0.446 e. The average Bonchev–Trinajstić information content (AvgIpc) is 3.05. The van der Waals surface area contributed by atoms with Gasteiger partial charge in [-0.3, -0.25) is 0 Å². The molecule has 0 radical (unpaired) electrons. The van der Waals surface area contributed by atoms with Crippen LogP contribution < -0.4 is 11.1 Å². The maximum Gasteiger partial charge on any atom is 0.407 e. The minimum Gasteiger partial charge on any atom is -0.446 e. The molecule has 2 atom stereocenters. The Morgan fingerprint density at radius 1 is 1.28 bits per heavy atom. The molecule has 0 saturated heterocycles. The number of nitrogens with zero attached hydrogens (tertiary/aromatic N) is 2. The average molecular weight is 419 g/mol. The molecule has 1 heterocycles. The van der Waals surface area contributed by atoms with Crippen LogP contribution in [0.5, 0.6) is 0 Å². The van der Waals surface area contributed by atoms with Crippen LogP contribution in [0.15, 0.2) is 35.2 Å². The topological polar surface area (TPSA) is 116 Å². The van der Waals surface area contributed by atoms with Gasteiger partial charge in [-0.05, 0) is 58.1 Å². The number of carbonyl (C=O) groups is 1. The highest BCUT2D eigenvalue weighted by Gasteiger charge is 2.40. The number of nitrogen functional groups attached to an aromatic ring is 1. The fraction of sp³-hybridized carbons (Fsp3) is 0.500.